The van der Waals surface area contributed by atoms with Gasteiger partial charge in [-0.15, -0.1) is 0 Å². The first-order valence-electron chi connectivity index (χ1n) is 3.72. The Labute approximate surface area is 73.8 Å². The number of halogens is 1. The summed E-state index contributed by atoms with van der Waals surface area (Å²) >= 11 is 0. The molecule has 0 aliphatic rings. The van der Waals surface area contributed by atoms with Crippen molar-refractivity contribution >= 4 is 5.69 Å². The Balaban J connectivity index is 3.28. The highest BCUT2D eigenvalue weighted by Crippen LogP contribution is 2.26. The molecule has 0 fully saturated rings. The van der Waals surface area contributed by atoms with Crippen LogP contribution in [0.2, 0.25) is 0 Å². The molecule has 1 aromatic carbocycles. The van der Waals surface area contributed by atoms with Crippen molar-refractivity contribution in [3.8, 4) is 5.75 Å². The molecule has 0 aliphatic carbocycles. The van der Waals surface area contributed by atoms with E-state index in [2.05, 4.69) is 0 Å². The molecule has 0 unspecified atom stereocenters. The van der Waals surface area contributed by atoms with Crippen molar-refractivity contribution in [2.24, 2.45) is 0 Å². The summed E-state index contributed by atoms with van der Waals surface area (Å²) in [6.07, 6.45) is 0.431. The first-order valence-corrected chi connectivity index (χ1v) is 3.72. The van der Waals surface area contributed by atoms with E-state index in [9.17, 15) is 19.6 Å². The fourth-order valence-corrected chi connectivity index (χ4v) is 1.02. The predicted octanol–water partition coefficient (Wildman–Crippen LogP) is 2.00. The molecule has 1 aromatic rings. The van der Waals surface area contributed by atoms with Crippen LogP contribution in [0.3, 0.4) is 0 Å². The predicted molar refractivity (Wildman–Crippen MR) is 44.1 cm³/mol. The normalized spacial score (nSPS) is 10.0. The first-order chi connectivity index (χ1) is 6.06. The topological polar surface area (TPSA) is 63.4 Å². The summed E-state index contributed by atoms with van der Waals surface area (Å²) in [7, 11) is 0. The van der Waals surface area contributed by atoms with Crippen LogP contribution in [0.5, 0.6) is 5.75 Å². The molecule has 70 valence electrons. The highest BCUT2D eigenvalue weighted by molar-refractivity contribution is 5.44. The van der Waals surface area contributed by atoms with Crippen LogP contribution in [0.15, 0.2) is 12.1 Å². The van der Waals surface area contributed by atoms with Crippen molar-refractivity contribution in [1.29, 1.82) is 0 Å². The number of nitro groups is 1. The third kappa shape index (κ3) is 1.74. The van der Waals surface area contributed by atoms with Crippen molar-refractivity contribution in [3.05, 3.63) is 33.6 Å². The van der Waals surface area contributed by atoms with Crippen molar-refractivity contribution in [3.63, 3.8) is 0 Å². The van der Waals surface area contributed by atoms with Crippen LogP contribution in [-0.4, -0.2) is 10.0 Å². The summed E-state index contributed by atoms with van der Waals surface area (Å²) in [5, 5.41) is 19.4. The smallest absolute Gasteiger partial charge is 0.308 e. The summed E-state index contributed by atoms with van der Waals surface area (Å²) in [6, 6.07) is 1.81. The summed E-state index contributed by atoms with van der Waals surface area (Å²) in [4.78, 5) is 9.36. The summed E-state index contributed by atoms with van der Waals surface area (Å²) in [5.41, 5.74) is -0.335. The minimum Gasteiger partial charge on any atom is -0.507 e. The van der Waals surface area contributed by atoms with E-state index in [1.807, 2.05) is 0 Å². The van der Waals surface area contributed by atoms with Gasteiger partial charge in [0.25, 0.3) is 0 Å². The molecule has 0 bridgehead atoms. The molecule has 13 heavy (non-hydrogen) atoms. The summed E-state index contributed by atoms with van der Waals surface area (Å²) in [5.74, 6) is -1.16. The number of hydrogen-bond acceptors (Lipinski definition) is 3. The van der Waals surface area contributed by atoms with E-state index in [0.717, 1.165) is 12.1 Å². The van der Waals surface area contributed by atoms with Gasteiger partial charge in [-0.2, -0.15) is 4.39 Å². The Kier molecular flexibility index (Phi) is 2.46. The Morgan fingerprint density at radius 1 is 1.62 bits per heavy atom. The van der Waals surface area contributed by atoms with Crippen molar-refractivity contribution in [1.82, 2.24) is 0 Å². The largest absolute Gasteiger partial charge is 0.507 e. The van der Waals surface area contributed by atoms with Crippen LogP contribution in [0, 0.1) is 15.9 Å². The highest BCUT2D eigenvalue weighted by Gasteiger charge is 2.16. The molecular formula is C8H8FNO3. The van der Waals surface area contributed by atoms with E-state index in [0.29, 0.717) is 12.0 Å². The zero-order valence-corrected chi connectivity index (χ0v) is 6.95. The number of rotatable bonds is 2. The second-order valence-electron chi connectivity index (χ2n) is 2.54. The van der Waals surface area contributed by atoms with Crippen molar-refractivity contribution in [2.75, 3.05) is 0 Å². The van der Waals surface area contributed by atoms with Gasteiger partial charge in [0.05, 0.1) is 11.0 Å². The molecule has 0 saturated carbocycles. The van der Waals surface area contributed by atoms with Crippen LogP contribution in [0.25, 0.3) is 0 Å². The third-order valence-electron chi connectivity index (χ3n) is 1.73. The number of hydrogen-bond donors (Lipinski definition) is 1. The van der Waals surface area contributed by atoms with Gasteiger partial charge in [-0.25, -0.2) is 0 Å². The lowest BCUT2D eigenvalue weighted by atomic mass is 10.1. The molecule has 0 spiro atoms. The van der Waals surface area contributed by atoms with Gasteiger partial charge in [0, 0.05) is 0 Å². The second-order valence-corrected chi connectivity index (χ2v) is 2.54. The molecule has 0 saturated heterocycles. The van der Waals surface area contributed by atoms with Gasteiger partial charge >= 0.3 is 5.69 Å². The van der Waals surface area contributed by atoms with Crippen LogP contribution in [-0.2, 0) is 6.42 Å². The van der Waals surface area contributed by atoms with Gasteiger partial charge in [-0.3, -0.25) is 10.1 Å². The van der Waals surface area contributed by atoms with Gasteiger partial charge in [-0.1, -0.05) is 6.92 Å². The molecule has 0 radical (unpaired) electrons. The zero-order valence-electron chi connectivity index (χ0n) is 6.95. The lowest BCUT2D eigenvalue weighted by Gasteiger charge is -2.01. The molecule has 1 rings (SSSR count). The fourth-order valence-electron chi connectivity index (χ4n) is 1.02. The van der Waals surface area contributed by atoms with Gasteiger partial charge in [0.2, 0.25) is 5.82 Å². The van der Waals surface area contributed by atoms with E-state index in [1.54, 1.807) is 6.92 Å². The van der Waals surface area contributed by atoms with E-state index in [-0.39, 0.29) is 5.75 Å². The molecule has 1 N–H and O–H groups in total. The maximum Gasteiger partial charge on any atom is 0.308 e. The number of aromatic hydroxyl groups is 1. The number of aryl methyl sites for hydroxylation is 1. The lowest BCUT2D eigenvalue weighted by Crippen LogP contribution is -1.94. The van der Waals surface area contributed by atoms with Crippen LogP contribution in [0.4, 0.5) is 10.1 Å². The monoisotopic (exact) mass is 185 g/mol. The molecule has 0 aliphatic heterocycles. The van der Waals surface area contributed by atoms with Gasteiger partial charge in [0.15, 0.2) is 0 Å². The van der Waals surface area contributed by atoms with Gasteiger partial charge in [0.1, 0.15) is 5.75 Å². The number of phenols is 1. The quantitative estimate of drug-likeness (QED) is 0.566. The minimum atomic E-state index is -0.917. The molecule has 4 nitrogen and oxygen atoms in total. The third-order valence-corrected chi connectivity index (χ3v) is 1.73. The second kappa shape index (κ2) is 3.38. The number of nitrogens with zero attached hydrogens (tertiary/aromatic N) is 1. The van der Waals surface area contributed by atoms with E-state index in [4.69, 9.17) is 0 Å². The van der Waals surface area contributed by atoms with Crippen molar-refractivity contribution < 1.29 is 14.4 Å². The zero-order chi connectivity index (χ0) is 10.0. The number of benzene rings is 1. The Hall–Kier alpha value is -1.65. The Morgan fingerprint density at radius 3 is 2.69 bits per heavy atom. The van der Waals surface area contributed by atoms with E-state index in [1.165, 1.54) is 0 Å². The molecule has 0 aromatic heterocycles. The van der Waals surface area contributed by atoms with Crippen LogP contribution >= 0.6 is 0 Å². The minimum absolute atomic E-state index is 0.240. The average molecular weight is 185 g/mol. The molecular weight excluding hydrogens is 177 g/mol. The van der Waals surface area contributed by atoms with Crippen LogP contribution in [0.1, 0.15) is 12.5 Å². The van der Waals surface area contributed by atoms with Gasteiger partial charge in [-0.05, 0) is 18.1 Å². The molecule has 0 amide bonds. The standard InChI is InChI=1S/C8H8FNO3/c1-2-5-3-6(9)7(10(12)13)4-8(5)11/h3-4,11H,2H2,1H3. The molecule has 0 atom stereocenters. The Morgan fingerprint density at radius 2 is 2.23 bits per heavy atom. The highest BCUT2D eigenvalue weighted by atomic mass is 19.1. The first kappa shape index (κ1) is 9.44. The summed E-state index contributed by atoms with van der Waals surface area (Å²) in [6.45, 7) is 1.72. The average Bonchev–Trinajstić information content (AvgIpc) is 2.07. The Bertz CT molecular complexity index is 351. The summed E-state index contributed by atoms with van der Waals surface area (Å²) < 4.78 is 12.9. The van der Waals surface area contributed by atoms with E-state index >= 15 is 0 Å². The van der Waals surface area contributed by atoms with Crippen molar-refractivity contribution in [2.45, 2.75) is 13.3 Å². The fraction of sp³-hybridized carbons (Fsp3) is 0.250. The van der Waals surface area contributed by atoms with Crippen LogP contribution < -0.4 is 0 Å². The van der Waals surface area contributed by atoms with Gasteiger partial charge < -0.3 is 5.11 Å². The number of phenolic OH excluding ortho intramolecular Hbond substituents is 1. The number of nitro benzene ring substituents is 1. The van der Waals surface area contributed by atoms with E-state index < -0.39 is 16.4 Å². The maximum absolute atomic E-state index is 12.9. The molecule has 5 heteroatoms. The lowest BCUT2D eigenvalue weighted by molar-refractivity contribution is -0.387. The SMILES string of the molecule is CCc1cc(F)c([N+](=O)[O-])cc1O. The maximum atomic E-state index is 12.9. The molecule has 0 heterocycles.